The molecule has 0 spiro atoms. The van der Waals surface area contributed by atoms with E-state index in [-0.39, 0.29) is 22.6 Å². The van der Waals surface area contributed by atoms with E-state index in [2.05, 4.69) is 24.3 Å². The molecule has 1 unspecified atom stereocenters. The summed E-state index contributed by atoms with van der Waals surface area (Å²) in [5.74, 6) is 0.904. The first-order chi connectivity index (χ1) is 9.27. The standard InChI is InChI=1S/C13H25N5O2/c1-8(2)6-10(7-14)15-13-12(18(19)20)11(9(3)4)16-17(13)5/h8-10,15H,6-7,14H2,1-5H3. The number of rotatable bonds is 7. The predicted molar refractivity (Wildman–Crippen MR) is 79.9 cm³/mol. The number of anilines is 1. The number of aromatic nitrogens is 2. The normalized spacial score (nSPS) is 13.0. The van der Waals surface area contributed by atoms with Crippen LogP contribution in [-0.4, -0.2) is 27.3 Å². The van der Waals surface area contributed by atoms with Crippen LogP contribution in [0, 0.1) is 16.0 Å². The molecular formula is C13H25N5O2. The first kappa shape index (κ1) is 16.4. The van der Waals surface area contributed by atoms with Crippen LogP contribution in [0.15, 0.2) is 0 Å². The van der Waals surface area contributed by atoms with Crippen molar-refractivity contribution in [2.75, 3.05) is 11.9 Å². The fourth-order valence-corrected chi connectivity index (χ4v) is 2.24. The van der Waals surface area contributed by atoms with E-state index in [1.54, 1.807) is 7.05 Å². The van der Waals surface area contributed by atoms with Crippen LogP contribution in [0.5, 0.6) is 0 Å². The molecule has 0 aliphatic rings. The zero-order chi connectivity index (χ0) is 15.4. The summed E-state index contributed by atoms with van der Waals surface area (Å²) >= 11 is 0. The summed E-state index contributed by atoms with van der Waals surface area (Å²) in [4.78, 5) is 11.0. The van der Waals surface area contributed by atoms with E-state index in [4.69, 9.17) is 5.73 Å². The summed E-state index contributed by atoms with van der Waals surface area (Å²) in [5.41, 5.74) is 6.31. The van der Waals surface area contributed by atoms with Crippen LogP contribution < -0.4 is 11.1 Å². The minimum absolute atomic E-state index is 0.00132. The maximum atomic E-state index is 11.3. The van der Waals surface area contributed by atoms with E-state index in [0.717, 1.165) is 6.42 Å². The zero-order valence-corrected chi connectivity index (χ0v) is 12.9. The van der Waals surface area contributed by atoms with Gasteiger partial charge in [-0.1, -0.05) is 27.7 Å². The van der Waals surface area contributed by atoms with Gasteiger partial charge in [0.05, 0.1) is 4.92 Å². The molecule has 0 saturated heterocycles. The van der Waals surface area contributed by atoms with Crippen molar-refractivity contribution in [1.29, 1.82) is 0 Å². The van der Waals surface area contributed by atoms with Crippen molar-refractivity contribution in [2.45, 2.75) is 46.1 Å². The minimum atomic E-state index is -0.367. The van der Waals surface area contributed by atoms with Crippen LogP contribution in [0.2, 0.25) is 0 Å². The number of aryl methyl sites for hydroxylation is 1. The number of nitrogens with two attached hydrogens (primary N) is 1. The topological polar surface area (TPSA) is 99.0 Å². The highest BCUT2D eigenvalue weighted by molar-refractivity contribution is 5.61. The first-order valence-electron chi connectivity index (χ1n) is 6.95. The second-order valence-electron chi connectivity index (χ2n) is 5.82. The van der Waals surface area contributed by atoms with Gasteiger partial charge in [-0.05, 0) is 12.3 Å². The third-order valence-corrected chi connectivity index (χ3v) is 3.16. The molecule has 0 fully saturated rings. The highest BCUT2D eigenvalue weighted by atomic mass is 16.6. The van der Waals surface area contributed by atoms with Crippen molar-refractivity contribution in [3.05, 3.63) is 15.8 Å². The maximum absolute atomic E-state index is 11.3. The lowest BCUT2D eigenvalue weighted by atomic mass is 10.0. The zero-order valence-electron chi connectivity index (χ0n) is 12.9. The molecule has 20 heavy (non-hydrogen) atoms. The van der Waals surface area contributed by atoms with Crippen molar-refractivity contribution in [3.8, 4) is 0 Å². The van der Waals surface area contributed by atoms with Gasteiger partial charge in [-0.25, -0.2) is 4.68 Å². The summed E-state index contributed by atoms with van der Waals surface area (Å²) in [6, 6.07) is 0.00381. The van der Waals surface area contributed by atoms with E-state index in [1.165, 1.54) is 4.68 Å². The van der Waals surface area contributed by atoms with Crippen LogP contribution in [0.25, 0.3) is 0 Å². The average molecular weight is 283 g/mol. The second-order valence-corrected chi connectivity index (χ2v) is 5.82. The Hall–Kier alpha value is -1.63. The molecule has 3 N–H and O–H groups in total. The number of hydrogen-bond acceptors (Lipinski definition) is 5. The van der Waals surface area contributed by atoms with E-state index >= 15 is 0 Å². The minimum Gasteiger partial charge on any atom is -0.361 e. The van der Waals surface area contributed by atoms with Crippen LogP contribution in [0.4, 0.5) is 11.5 Å². The summed E-state index contributed by atoms with van der Waals surface area (Å²) in [5, 5.41) is 18.8. The fourth-order valence-electron chi connectivity index (χ4n) is 2.24. The molecule has 114 valence electrons. The smallest absolute Gasteiger partial charge is 0.334 e. The monoisotopic (exact) mass is 283 g/mol. The largest absolute Gasteiger partial charge is 0.361 e. The van der Waals surface area contributed by atoms with Crippen LogP contribution in [0.3, 0.4) is 0 Å². The van der Waals surface area contributed by atoms with Gasteiger partial charge >= 0.3 is 5.69 Å². The van der Waals surface area contributed by atoms with E-state index in [9.17, 15) is 10.1 Å². The molecule has 1 rings (SSSR count). The third kappa shape index (κ3) is 3.69. The molecule has 0 aliphatic heterocycles. The number of hydrogen-bond donors (Lipinski definition) is 2. The molecule has 0 aliphatic carbocycles. The Bertz CT molecular complexity index is 468. The molecule has 0 radical (unpaired) electrons. The summed E-state index contributed by atoms with van der Waals surface area (Å²) in [6.07, 6.45) is 0.857. The van der Waals surface area contributed by atoms with Gasteiger partial charge in [0.1, 0.15) is 5.69 Å². The number of nitrogens with zero attached hydrogens (tertiary/aromatic N) is 3. The van der Waals surface area contributed by atoms with E-state index in [0.29, 0.717) is 24.0 Å². The Balaban J connectivity index is 3.13. The lowest BCUT2D eigenvalue weighted by Gasteiger charge is -2.19. The molecule has 1 heterocycles. The van der Waals surface area contributed by atoms with Crippen LogP contribution >= 0.6 is 0 Å². The van der Waals surface area contributed by atoms with Gasteiger partial charge in [0.25, 0.3) is 0 Å². The van der Waals surface area contributed by atoms with Gasteiger partial charge in [0.15, 0.2) is 0 Å². The molecule has 7 heteroatoms. The highest BCUT2D eigenvalue weighted by Gasteiger charge is 2.29. The lowest BCUT2D eigenvalue weighted by molar-refractivity contribution is -0.384. The Morgan fingerprint density at radius 3 is 2.40 bits per heavy atom. The van der Waals surface area contributed by atoms with E-state index < -0.39 is 0 Å². The molecule has 1 aromatic heterocycles. The second kappa shape index (κ2) is 6.69. The Kier molecular flexibility index (Phi) is 5.50. The van der Waals surface area contributed by atoms with E-state index in [1.807, 2.05) is 13.8 Å². The van der Waals surface area contributed by atoms with Crippen LogP contribution in [0.1, 0.15) is 45.7 Å². The Morgan fingerprint density at radius 1 is 1.40 bits per heavy atom. The van der Waals surface area contributed by atoms with Crippen molar-refractivity contribution >= 4 is 11.5 Å². The Labute approximate surface area is 119 Å². The molecule has 1 aromatic rings. The number of nitrogens with one attached hydrogen (secondary N) is 1. The predicted octanol–water partition coefficient (Wildman–Crippen LogP) is 2.24. The molecular weight excluding hydrogens is 258 g/mol. The molecule has 0 bridgehead atoms. The van der Waals surface area contributed by atoms with Gasteiger partial charge in [-0.2, -0.15) is 5.10 Å². The molecule has 0 amide bonds. The number of nitro groups is 1. The Morgan fingerprint density at radius 2 is 2.00 bits per heavy atom. The van der Waals surface area contributed by atoms with Crippen molar-refractivity contribution in [1.82, 2.24) is 9.78 Å². The van der Waals surface area contributed by atoms with Gasteiger partial charge in [0.2, 0.25) is 5.82 Å². The van der Waals surface area contributed by atoms with Crippen LogP contribution in [-0.2, 0) is 7.05 Å². The third-order valence-electron chi connectivity index (χ3n) is 3.16. The summed E-state index contributed by atoms with van der Waals surface area (Å²) < 4.78 is 1.54. The maximum Gasteiger partial charge on any atom is 0.334 e. The molecule has 0 saturated carbocycles. The van der Waals surface area contributed by atoms with Crippen molar-refractivity contribution < 1.29 is 4.92 Å². The fraction of sp³-hybridized carbons (Fsp3) is 0.769. The summed E-state index contributed by atoms with van der Waals surface area (Å²) in [6.45, 7) is 8.42. The average Bonchev–Trinajstić information content (AvgIpc) is 2.65. The molecule has 1 atom stereocenters. The SMILES string of the molecule is CC(C)CC(CN)Nc1c([N+](=O)[O-])c(C(C)C)nn1C. The highest BCUT2D eigenvalue weighted by Crippen LogP contribution is 2.33. The van der Waals surface area contributed by atoms with Crippen molar-refractivity contribution in [2.24, 2.45) is 18.7 Å². The molecule has 7 nitrogen and oxygen atoms in total. The van der Waals surface area contributed by atoms with Gasteiger partial charge in [-0.3, -0.25) is 10.1 Å². The first-order valence-corrected chi connectivity index (χ1v) is 6.95. The van der Waals surface area contributed by atoms with Crippen molar-refractivity contribution in [3.63, 3.8) is 0 Å². The quantitative estimate of drug-likeness (QED) is 0.590. The molecule has 0 aromatic carbocycles. The van der Waals surface area contributed by atoms with Gasteiger partial charge in [0, 0.05) is 25.6 Å². The lowest BCUT2D eigenvalue weighted by Crippen LogP contribution is -2.31. The van der Waals surface area contributed by atoms with Gasteiger partial charge in [-0.15, -0.1) is 0 Å². The van der Waals surface area contributed by atoms with Gasteiger partial charge < -0.3 is 11.1 Å². The summed E-state index contributed by atoms with van der Waals surface area (Å²) in [7, 11) is 1.71.